The molecule has 1 spiro atoms. The van der Waals surface area contributed by atoms with Gasteiger partial charge in [-0.1, -0.05) is 17.7 Å². The molecule has 2 saturated heterocycles. The number of halogens is 1. The quantitative estimate of drug-likeness (QED) is 0.263. The summed E-state index contributed by atoms with van der Waals surface area (Å²) in [6.07, 6.45) is 10.5. The van der Waals surface area contributed by atoms with Crippen molar-refractivity contribution in [2.45, 2.75) is 52.0 Å². The number of aliphatic hydroxyl groups is 2. The van der Waals surface area contributed by atoms with Gasteiger partial charge in [-0.15, -0.1) is 0 Å². The minimum Gasteiger partial charge on any atom is -0.493 e. The molecule has 0 bridgehead atoms. The highest BCUT2D eigenvalue weighted by molar-refractivity contribution is 6.32. The smallest absolute Gasteiger partial charge is 0.319 e. The molecule has 1 aromatic carbocycles. The predicted molar refractivity (Wildman–Crippen MR) is 168 cm³/mol. The fraction of sp³-hybridized carbons (Fsp3) is 0.500. The van der Waals surface area contributed by atoms with Crippen molar-refractivity contribution < 1.29 is 28.5 Å². The summed E-state index contributed by atoms with van der Waals surface area (Å²) in [6.45, 7) is 8.58. The Bertz CT molecular complexity index is 1460. The van der Waals surface area contributed by atoms with Gasteiger partial charge < -0.3 is 29.6 Å². The molecule has 3 heterocycles. The van der Waals surface area contributed by atoms with Gasteiger partial charge in [0.25, 0.3) is 0 Å². The largest absolute Gasteiger partial charge is 0.493 e. The van der Waals surface area contributed by atoms with Gasteiger partial charge in [0.05, 0.1) is 41.9 Å². The molecule has 2 aromatic rings. The first-order chi connectivity index (χ1) is 21.2. The maximum Gasteiger partial charge on any atom is 0.319 e. The van der Waals surface area contributed by atoms with Crippen LogP contribution in [0.25, 0.3) is 10.9 Å². The van der Waals surface area contributed by atoms with E-state index in [4.69, 9.17) is 25.8 Å². The minimum atomic E-state index is -0.336. The number of amides is 2. The highest BCUT2D eigenvalue weighted by Crippen LogP contribution is 2.37. The van der Waals surface area contributed by atoms with Gasteiger partial charge >= 0.3 is 6.03 Å². The van der Waals surface area contributed by atoms with Gasteiger partial charge in [0.2, 0.25) is 5.88 Å². The third-order valence-corrected chi connectivity index (χ3v) is 8.32. The van der Waals surface area contributed by atoms with Gasteiger partial charge in [0.1, 0.15) is 23.3 Å². The molecule has 44 heavy (non-hydrogen) atoms. The number of aromatic nitrogens is 2. The van der Waals surface area contributed by atoms with E-state index in [9.17, 15) is 9.59 Å². The summed E-state index contributed by atoms with van der Waals surface area (Å²) >= 11 is 6.50. The first-order valence-corrected chi connectivity index (χ1v) is 15.5. The number of likely N-dealkylation sites (tertiary alicyclic amines) is 1. The molecule has 236 valence electrons. The lowest BCUT2D eigenvalue weighted by Crippen LogP contribution is -2.53. The molecule has 0 saturated carbocycles. The molecule has 0 radical (unpaired) electrons. The van der Waals surface area contributed by atoms with Crippen LogP contribution in [0.4, 0.5) is 4.79 Å². The fourth-order valence-electron chi connectivity index (χ4n) is 5.47. The molecular weight excluding hydrogens is 586 g/mol. The lowest BCUT2D eigenvalue weighted by atomic mass is 9.77. The second-order valence-corrected chi connectivity index (χ2v) is 12.2. The highest BCUT2D eigenvalue weighted by atomic mass is 35.5. The van der Waals surface area contributed by atoms with Crippen LogP contribution in [0, 0.1) is 5.41 Å². The van der Waals surface area contributed by atoms with E-state index < -0.39 is 0 Å². The number of methoxy groups -OCH3 is 1. The number of ketones is 1. The van der Waals surface area contributed by atoms with Crippen LogP contribution in [-0.4, -0.2) is 84.0 Å². The number of carbonyl (C=O) groups excluding carboxylic acids is 2. The van der Waals surface area contributed by atoms with Crippen molar-refractivity contribution in [2.75, 3.05) is 46.6 Å². The van der Waals surface area contributed by atoms with E-state index in [-0.39, 0.29) is 17.9 Å². The Morgan fingerprint density at radius 1 is 1.14 bits per heavy atom. The molecule has 1 aromatic heterocycles. The number of hydrogen-bond donors (Lipinski definition) is 2. The lowest BCUT2D eigenvalue weighted by Gasteiger charge is -2.43. The third-order valence-electron chi connectivity index (χ3n) is 8.00. The number of carbonyl (C=O) groups is 2. The van der Waals surface area contributed by atoms with Crippen molar-refractivity contribution in [3.05, 3.63) is 53.2 Å². The number of piperidine rings is 1. The van der Waals surface area contributed by atoms with E-state index in [1.54, 1.807) is 25.3 Å². The molecule has 1 aliphatic carbocycles. The fourth-order valence-corrected chi connectivity index (χ4v) is 5.70. The summed E-state index contributed by atoms with van der Waals surface area (Å²) in [6, 6.07) is 3.21. The zero-order chi connectivity index (χ0) is 31.1. The summed E-state index contributed by atoms with van der Waals surface area (Å²) in [5.74, 6) is 2.06. The molecule has 0 unspecified atom stereocenters. The van der Waals surface area contributed by atoms with Crippen molar-refractivity contribution in [1.29, 1.82) is 0 Å². The van der Waals surface area contributed by atoms with E-state index in [2.05, 4.69) is 30.2 Å². The average molecular weight is 627 g/mol. The van der Waals surface area contributed by atoms with Gasteiger partial charge in [-0.05, 0) is 64.8 Å². The van der Waals surface area contributed by atoms with Crippen molar-refractivity contribution >= 4 is 34.3 Å². The summed E-state index contributed by atoms with van der Waals surface area (Å²) in [5.41, 5.74) is 1.52. The van der Waals surface area contributed by atoms with Crippen LogP contribution in [0.3, 0.4) is 0 Å². The van der Waals surface area contributed by atoms with Crippen LogP contribution in [-0.2, 0) is 4.79 Å². The molecule has 2 fully saturated rings. The SMILES string of the molecule is COc1cc2c(OC3=CCC=C(NC(=O)NC(C)C)C(Cl)=C3)ncnc2cc1OCCCC(=O)CN1CCC2(CC1)C[OH+]C2. The van der Waals surface area contributed by atoms with Gasteiger partial charge in [-0.25, -0.2) is 14.8 Å². The van der Waals surface area contributed by atoms with Gasteiger partial charge in [0, 0.05) is 24.6 Å². The lowest BCUT2D eigenvalue weighted by molar-refractivity contribution is -0.245. The predicted octanol–water partition coefficient (Wildman–Crippen LogP) is 4.37. The Morgan fingerprint density at radius 3 is 2.64 bits per heavy atom. The number of fused-ring (bicyclic) bond motifs is 1. The van der Waals surface area contributed by atoms with E-state index >= 15 is 0 Å². The van der Waals surface area contributed by atoms with Gasteiger partial charge in [-0.2, -0.15) is 0 Å². The van der Waals surface area contributed by atoms with E-state index in [1.807, 2.05) is 26.0 Å². The van der Waals surface area contributed by atoms with Crippen LogP contribution in [0.2, 0.25) is 0 Å². The highest BCUT2D eigenvalue weighted by Gasteiger charge is 2.46. The van der Waals surface area contributed by atoms with Crippen molar-refractivity contribution in [3.63, 3.8) is 0 Å². The number of Topliss-reactive ketones (excluding diaryl/α,β-unsaturated/α-hetero) is 1. The molecule has 0 atom stereocenters. The van der Waals surface area contributed by atoms with Crippen molar-refractivity contribution in [1.82, 2.24) is 25.5 Å². The number of rotatable bonds is 12. The van der Waals surface area contributed by atoms with Gasteiger partial charge in [-0.3, -0.25) is 9.69 Å². The Kier molecular flexibility index (Phi) is 10.4. The zero-order valence-corrected chi connectivity index (χ0v) is 26.3. The number of allylic oxidation sites excluding steroid dienone is 4. The number of urea groups is 1. The maximum atomic E-state index is 12.6. The molecule has 3 N–H and O–H groups in total. The number of ether oxygens (including phenoxy) is 4. The van der Waals surface area contributed by atoms with Crippen LogP contribution >= 0.6 is 11.6 Å². The molecule has 11 nitrogen and oxygen atoms in total. The number of benzene rings is 1. The number of nitrogens with one attached hydrogen (secondary N) is 2. The second kappa shape index (κ2) is 14.4. The monoisotopic (exact) mass is 626 g/mol. The molecule has 12 heteroatoms. The summed E-state index contributed by atoms with van der Waals surface area (Å²) in [4.78, 5) is 35.7. The average Bonchev–Trinajstić information content (AvgIpc) is 3.14. The first-order valence-electron chi connectivity index (χ1n) is 15.1. The molecular formula is C32H41ClN5O6+. The van der Waals surface area contributed by atoms with Crippen LogP contribution in [0.15, 0.2) is 53.2 Å². The van der Waals surface area contributed by atoms with E-state index in [0.29, 0.717) is 82.6 Å². The number of nitrogens with zero attached hydrogens (tertiary/aromatic N) is 3. The Labute approximate surface area is 262 Å². The molecule has 2 amide bonds. The standard InChI is InChI=1S/C32H40ClN5O6/c1-21(2)36-31(40)37-26-8-4-7-23(14-25(26)33)44-30-24-15-28(41-3)29(16-27(24)34-20-35-30)43-13-5-6-22(39)17-38-11-9-32(10-12-38)18-42-19-32/h7-8,14-16,20-21H,4-6,9-13,17-19H2,1-3H3,(H2,36,37,40)/p+1. The zero-order valence-electron chi connectivity index (χ0n) is 25.5. The normalized spacial score (nSPS) is 18.1. The topological polar surface area (TPSA) is 128 Å². The van der Waals surface area contributed by atoms with Crippen molar-refractivity contribution in [3.8, 4) is 17.4 Å². The summed E-state index contributed by atoms with van der Waals surface area (Å²) in [7, 11) is 1.56. The molecule has 3 aliphatic rings. The van der Waals surface area contributed by atoms with Crippen LogP contribution < -0.4 is 24.8 Å². The summed E-state index contributed by atoms with van der Waals surface area (Å²) < 4.78 is 22.1. The number of hydrogen-bond acceptors (Lipinski definition) is 8. The summed E-state index contributed by atoms with van der Waals surface area (Å²) in [5, 5.41) is 6.50. The van der Waals surface area contributed by atoms with Gasteiger partial charge in [0.15, 0.2) is 24.7 Å². The molecule has 5 rings (SSSR count). The minimum absolute atomic E-state index is 0.00846. The maximum absolute atomic E-state index is 12.6. The van der Waals surface area contributed by atoms with Crippen LogP contribution in [0.1, 0.15) is 46.0 Å². The second-order valence-electron chi connectivity index (χ2n) is 11.8. The van der Waals surface area contributed by atoms with E-state index in [1.165, 1.54) is 6.33 Å². The van der Waals surface area contributed by atoms with Crippen molar-refractivity contribution in [2.24, 2.45) is 5.41 Å². The van der Waals surface area contributed by atoms with E-state index in [0.717, 1.165) is 39.1 Å². The molecule has 2 aliphatic heterocycles. The van der Waals surface area contributed by atoms with Crippen LogP contribution in [0.5, 0.6) is 17.4 Å². The Morgan fingerprint density at radius 2 is 1.93 bits per heavy atom. The Hall–Kier alpha value is -3.67. The first kappa shape index (κ1) is 31.7. The Balaban J connectivity index is 1.16. The third kappa shape index (κ3) is 8.08.